The number of benzene rings is 1. The molecule has 0 bridgehead atoms. The summed E-state index contributed by atoms with van der Waals surface area (Å²) in [5.74, 6) is 1.20. The number of likely N-dealkylation sites (tertiary alicyclic amines) is 1. The molecule has 114 valence electrons. The Morgan fingerprint density at radius 3 is 3.00 bits per heavy atom. The van der Waals surface area contributed by atoms with Crippen LogP contribution in [0, 0.1) is 0 Å². The first-order valence-electron chi connectivity index (χ1n) is 7.66. The highest BCUT2D eigenvalue weighted by molar-refractivity contribution is 6.30. The molecular formula is C16H21ClN2O2. The van der Waals surface area contributed by atoms with Crippen LogP contribution in [-0.4, -0.2) is 43.1 Å². The zero-order chi connectivity index (χ0) is 14.7. The third kappa shape index (κ3) is 3.69. The van der Waals surface area contributed by atoms with Gasteiger partial charge in [0.05, 0.1) is 0 Å². The smallest absolute Gasteiger partial charge is 0.223 e. The predicted molar refractivity (Wildman–Crippen MR) is 82.9 cm³/mol. The van der Waals surface area contributed by atoms with E-state index in [-0.39, 0.29) is 12.0 Å². The van der Waals surface area contributed by atoms with Crippen molar-refractivity contribution >= 4 is 17.5 Å². The summed E-state index contributed by atoms with van der Waals surface area (Å²) >= 11 is 5.98. The number of carbonyl (C=O) groups is 1. The zero-order valence-electron chi connectivity index (χ0n) is 12.1. The van der Waals surface area contributed by atoms with Crippen molar-refractivity contribution < 1.29 is 9.53 Å². The molecule has 21 heavy (non-hydrogen) atoms. The summed E-state index contributed by atoms with van der Waals surface area (Å²) < 4.78 is 5.85. The van der Waals surface area contributed by atoms with Gasteiger partial charge in [0.15, 0.2) is 0 Å². The van der Waals surface area contributed by atoms with Crippen molar-refractivity contribution in [3.63, 3.8) is 0 Å². The summed E-state index contributed by atoms with van der Waals surface area (Å²) in [7, 11) is 0. The number of halogens is 1. The van der Waals surface area contributed by atoms with Crippen molar-refractivity contribution in [2.75, 3.05) is 26.2 Å². The number of hydrogen-bond acceptors (Lipinski definition) is 3. The number of ether oxygens (including phenoxy) is 1. The van der Waals surface area contributed by atoms with Gasteiger partial charge in [0, 0.05) is 44.0 Å². The van der Waals surface area contributed by atoms with Crippen LogP contribution >= 0.6 is 11.6 Å². The standard InChI is InChI=1S/C16H21ClN2O2/c17-13-3-4-15-12(9-13)10-14(21-15)11-18-6-5-16(20)19-7-1-2-8-19/h3-4,9,14,18H,1-2,5-8,10-11H2. The van der Waals surface area contributed by atoms with Gasteiger partial charge in [0.2, 0.25) is 5.91 Å². The first-order valence-corrected chi connectivity index (χ1v) is 8.04. The molecule has 2 aliphatic rings. The van der Waals surface area contributed by atoms with E-state index >= 15 is 0 Å². The van der Waals surface area contributed by atoms with E-state index < -0.39 is 0 Å². The molecule has 1 amide bonds. The minimum absolute atomic E-state index is 0.139. The molecule has 1 aromatic carbocycles. The van der Waals surface area contributed by atoms with Gasteiger partial charge in [-0.05, 0) is 36.6 Å². The molecule has 0 aliphatic carbocycles. The Morgan fingerprint density at radius 1 is 1.38 bits per heavy atom. The Labute approximate surface area is 130 Å². The van der Waals surface area contributed by atoms with Gasteiger partial charge in [-0.15, -0.1) is 0 Å². The number of hydrogen-bond donors (Lipinski definition) is 1. The average Bonchev–Trinajstić information content (AvgIpc) is 3.11. The Hall–Kier alpha value is -1.26. The van der Waals surface area contributed by atoms with Crippen LogP contribution in [0.3, 0.4) is 0 Å². The van der Waals surface area contributed by atoms with E-state index in [1.165, 1.54) is 5.56 Å². The van der Waals surface area contributed by atoms with Crippen LogP contribution in [0.1, 0.15) is 24.8 Å². The largest absolute Gasteiger partial charge is 0.488 e. The van der Waals surface area contributed by atoms with Crippen molar-refractivity contribution in [2.24, 2.45) is 0 Å². The third-order valence-electron chi connectivity index (χ3n) is 4.11. The van der Waals surface area contributed by atoms with E-state index in [0.717, 1.165) is 49.7 Å². The monoisotopic (exact) mass is 308 g/mol. The van der Waals surface area contributed by atoms with Gasteiger partial charge < -0.3 is 15.0 Å². The highest BCUT2D eigenvalue weighted by Gasteiger charge is 2.23. The summed E-state index contributed by atoms with van der Waals surface area (Å²) in [6, 6.07) is 5.74. The molecule has 1 atom stereocenters. The van der Waals surface area contributed by atoms with E-state index in [9.17, 15) is 4.79 Å². The number of nitrogens with one attached hydrogen (secondary N) is 1. The molecule has 3 rings (SSSR count). The van der Waals surface area contributed by atoms with Gasteiger partial charge in [0.25, 0.3) is 0 Å². The van der Waals surface area contributed by atoms with Crippen LogP contribution in [0.4, 0.5) is 0 Å². The maximum atomic E-state index is 11.9. The Balaban J connectivity index is 1.36. The van der Waals surface area contributed by atoms with Crippen LogP contribution in [0.5, 0.6) is 5.75 Å². The Morgan fingerprint density at radius 2 is 2.19 bits per heavy atom. The predicted octanol–water partition coefficient (Wildman–Crippen LogP) is 2.25. The van der Waals surface area contributed by atoms with E-state index in [2.05, 4.69) is 5.32 Å². The number of nitrogens with zero attached hydrogens (tertiary/aromatic N) is 1. The van der Waals surface area contributed by atoms with Crippen LogP contribution in [0.2, 0.25) is 5.02 Å². The van der Waals surface area contributed by atoms with E-state index in [0.29, 0.717) is 13.0 Å². The van der Waals surface area contributed by atoms with E-state index in [1.54, 1.807) is 0 Å². The lowest BCUT2D eigenvalue weighted by Gasteiger charge is -2.16. The molecule has 4 nitrogen and oxygen atoms in total. The van der Waals surface area contributed by atoms with Crippen LogP contribution in [0.15, 0.2) is 18.2 Å². The maximum Gasteiger partial charge on any atom is 0.223 e. The molecule has 5 heteroatoms. The molecule has 1 N–H and O–H groups in total. The lowest BCUT2D eigenvalue weighted by atomic mass is 10.1. The summed E-state index contributed by atoms with van der Waals surface area (Å²) in [5, 5.41) is 4.08. The second-order valence-corrected chi connectivity index (χ2v) is 6.17. The lowest BCUT2D eigenvalue weighted by molar-refractivity contribution is -0.130. The quantitative estimate of drug-likeness (QED) is 0.848. The molecule has 0 spiro atoms. The van der Waals surface area contributed by atoms with Crippen molar-refractivity contribution in [3.05, 3.63) is 28.8 Å². The lowest BCUT2D eigenvalue weighted by Crippen LogP contribution is -2.34. The van der Waals surface area contributed by atoms with Crippen molar-refractivity contribution in [1.82, 2.24) is 10.2 Å². The first kappa shape index (κ1) is 14.7. The van der Waals surface area contributed by atoms with E-state index in [4.69, 9.17) is 16.3 Å². The number of fused-ring (bicyclic) bond motifs is 1. The fourth-order valence-corrected chi connectivity index (χ4v) is 3.18. The van der Waals surface area contributed by atoms with Crippen LogP contribution < -0.4 is 10.1 Å². The summed E-state index contributed by atoms with van der Waals surface area (Å²) in [5.41, 5.74) is 1.17. The van der Waals surface area contributed by atoms with Gasteiger partial charge in [-0.3, -0.25) is 4.79 Å². The minimum Gasteiger partial charge on any atom is -0.488 e. The van der Waals surface area contributed by atoms with Gasteiger partial charge in [0.1, 0.15) is 11.9 Å². The fourth-order valence-electron chi connectivity index (χ4n) is 2.99. The Bertz CT molecular complexity index is 515. The fraction of sp³-hybridized carbons (Fsp3) is 0.562. The Kier molecular flexibility index (Phi) is 4.66. The molecular weight excluding hydrogens is 288 g/mol. The maximum absolute atomic E-state index is 11.9. The molecule has 0 radical (unpaired) electrons. The molecule has 1 fully saturated rings. The second-order valence-electron chi connectivity index (χ2n) is 5.74. The number of amides is 1. The van der Waals surface area contributed by atoms with Crippen LogP contribution in [-0.2, 0) is 11.2 Å². The highest BCUT2D eigenvalue weighted by Crippen LogP contribution is 2.30. The molecule has 0 saturated carbocycles. The molecule has 2 aliphatic heterocycles. The van der Waals surface area contributed by atoms with Gasteiger partial charge >= 0.3 is 0 Å². The molecule has 1 unspecified atom stereocenters. The van der Waals surface area contributed by atoms with E-state index in [1.807, 2.05) is 23.1 Å². The van der Waals surface area contributed by atoms with Crippen molar-refractivity contribution in [1.29, 1.82) is 0 Å². The van der Waals surface area contributed by atoms with Gasteiger partial charge in [-0.1, -0.05) is 11.6 Å². The van der Waals surface area contributed by atoms with Gasteiger partial charge in [-0.25, -0.2) is 0 Å². The normalized spacial score (nSPS) is 20.4. The molecule has 2 heterocycles. The average molecular weight is 309 g/mol. The van der Waals surface area contributed by atoms with Crippen LogP contribution in [0.25, 0.3) is 0 Å². The third-order valence-corrected chi connectivity index (χ3v) is 4.35. The summed E-state index contributed by atoms with van der Waals surface area (Å²) in [4.78, 5) is 13.9. The number of rotatable bonds is 5. The summed E-state index contributed by atoms with van der Waals surface area (Å²) in [6.45, 7) is 3.34. The minimum atomic E-state index is 0.139. The zero-order valence-corrected chi connectivity index (χ0v) is 12.9. The first-order chi connectivity index (χ1) is 10.2. The topological polar surface area (TPSA) is 41.6 Å². The second kappa shape index (κ2) is 6.67. The molecule has 1 aromatic rings. The number of carbonyl (C=O) groups excluding carboxylic acids is 1. The molecule has 0 aromatic heterocycles. The van der Waals surface area contributed by atoms with Crippen molar-refractivity contribution in [3.8, 4) is 5.75 Å². The molecule has 1 saturated heterocycles. The SMILES string of the molecule is O=C(CCNCC1Cc2cc(Cl)ccc2O1)N1CCCC1. The van der Waals surface area contributed by atoms with Crippen molar-refractivity contribution in [2.45, 2.75) is 31.8 Å². The van der Waals surface area contributed by atoms with Gasteiger partial charge in [-0.2, -0.15) is 0 Å². The highest BCUT2D eigenvalue weighted by atomic mass is 35.5. The summed E-state index contributed by atoms with van der Waals surface area (Å²) in [6.07, 6.45) is 3.89.